The van der Waals surface area contributed by atoms with Gasteiger partial charge in [0.2, 0.25) is 0 Å². The summed E-state index contributed by atoms with van der Waals surface area (Å²) >= 11 is 0. The molecule has 2 N–H and O–H groups in total. The Kier molecular flexibility index (Phi) is 7.23. The maximum absolute atomic E-state index is 12.5. The first kappa shape index (κ1) is 19.1. The molecule has 1 aromatic rings. The van der Waals surface area contributed by atoms with Crippen LogP contribution < -0.4 is 4.90 Å². The van der Waals surface area contributed by atoms with Crippen LogP contribution in [0.15, 0.2) is 42.5 Å². The molecule has 0 radical (unpaired) electrons. The molecule has 0 aromatic heterocycles. The molecule has 1 aliphatic carbocycles. The summed E-state index contributed by atoms with van der Waals surface area (Å²) in [5.74, 6) is 0.710. The number of nitrogens with zero attached hydrogens (tertiary/aromatic N) is 1. The molecular weight excluding hydrogens is 328 g/mol. The quantitative estimate of drug-likeness (QED) is 0.707. The largest absolute Gasteiger partial charge is 0.385 e. The Hall–Kier alpha value is -1.69. The average Bonchev–Trinajstić information content (AvgIpc) is 2.69. The Labute approximate surface area is 156 Å². The van der Waals surface area contributed by atoms with E-state index in [1.165, 1.54) is 11.3 Å². The van der Waals surface area contributed by atoms with Crippen LogP contribution in [0.25, 0.3) is 0 Å². The van der Waals surface area contributed by atoms with Gasteiger partial charge in [-0.25, -0.2) is 0 Å². The van der Waals surface area contributed by atoms with Crippen molar-refractivity contribution in [3.05, 3.63) is 48.0 Å². The van der Waals surface area contributed by atoms with Gasteiger partial charge in [0, 0.05) is 12.2 Å². The summed E-state index contributed by atoms with van der Waals surface area (Å²) in [6.07, 6.45) is 7.46. The van der Waals surface area contributed by atoms with Gasteiger partial charge in [-0.05, 0) is 37.3 Å². The average molecular weight is 359 g/mol. The third kappa shape index (κ3) is 5.66. The molecule has 2 aliphatic rings. The van der Waals surface area contributed by atoms with Crippen LogP contribution in [0.2, 0.25) is 0 Å². The van der Waals surface area contributed by atoms with E-state index < -0.39 is 6.10 Å². The number of aliphatic hydroxyl groups excluding tert-OH is 1. The predicted octanol–water partition coefficient (Wildman–Crippen LogP) is 0.761. The first-order valence-electron chi connectivity index (χ1n) is 9.81. The van der Waals surface area contributed by atoms with Crippen molar-refractivity contribution in [1.29, 1.82) is 0 Å². The fraction of sp³-hybridized carbons (Fsp3) is 0.571. The lowest BCUT2D eigenvalue weighted by Gasteiger charge is -2.33. The van der Waals surface area contributed by atoms with Crippen molar-refractivity contribution in [2.45, 2.75) is 25.4 Å². The van der Waals surface area contributed by atoms with Crippen LogP contribution in [0.4, 0.5) is 0 Å². The van der Waals surface area contributed by atoms with Crippen LogP contribution in [0.3, 0.4) is 0 Å². The zero-order chi connectivity index (χ0) is 18.2. The lowest BCUT2D eigenvalue weighted by molar-refractivity contribution is -0.907. The third-order valence-electron chi connectivity index (χ3n) is 5.34. The van der Waals surface area contributed by atoms with Crippen LogP contribution in [-0.4, -0.2) is 68.0 Å². The van der Waals surface area contributed by atoms with E-state index in [1.54, 1.807) is 0 Å². The van der Waals surface area contributed by atoms with Crippen molar-refractivity contribution < 1.29 is 19.5 Å². The summed E-state index contributed by atoms with van der Waals surface area (Å²) in [6.45, 7) is 5.09. The third-order valence-corrected chi connectivity index (χ3v) is 5.34. The summed E-state index contributed by atoms with van der Waals surface area (Å²) in [5, 5.41) is 10.2. The van der Waals surface area contributed by atoms with Gasteiger partial charge < -0.3 is 19.6 Å². The standard InChI is InChI=1S/C21H30N2O3/c24-20(17-26-16-18-7-3-1-4-8-18)15-22-11-13-23(14-12-22)21(25)19-9-5-2-6-10-19/h1-3,5-6,9-10,18,20,24H,4,7-8,11-17H2/p+1/t18-,20+/m0/s1. The van der Waals surface area contributed by atoms with Crippen LogP contribution in [-0.2, 0) is 4.74 Å². The van der Waals surface area contributed by atoms with Crippen LogP contribution >= 0.6 is 0 Å². The lowest BCUT2D eigenvalue weighted by atomic mass is 9.95. The minimum absolute atomic E-state index is 0.107. The van der Waals surface area contributed by atoms with Crippen molar-refractivity contribution in [2.75, 3.05) is 45.9 Å². The van der Waals surface area contributed by atoms with Crippen molar-refractivity contribution in [2.24, 2.45) is 5.92 Å². The summed E-state index contributed by atoms with van der Waals surface area (Å²) in [7, 11) is 0. The fourth-order valence-corrected chi connectivity index (χ4v) is 3.76. The number of hydrogen-bond acceptors (Lipinski definition) is 3. The van der Waals surface area contributed by atoms with Crippen LogP contribution in [0, 0.1) is 5.92 Å². The maximum atomic E-state index is 12.5. The summed E-state index contributed by atoms with van der Waals surface area (Å²) in [4.78, 5) is 15.7. The number of carbonyl (C=O) groups is 1. The molecule has 26 heavy (non-hydrogen) atoms. The Balaban J connectivity index is 1.33. The Morgan fingerprint density at radius 1 is 1.23 bits per heavy atom. The number of hydrogen-bond donors (Lipinski definition) is 2. The first-order valence-corrected chi connectivity index (χ1v) is 9.81. The van der Waals surface area contributed by atoms with Gasteiger partial charge in [0.15, 0.2) is 0 Å². The number of ether oxygens (including phenoxy) is 1. The van der Waals surface area contributed by atoms with Gasteiger partial charge in [-0.15, -0.1) is 0 Å². The van der Waals surface area contributed by atoms with Crippen LogP contribution in [0.5, 0.6) is 0 Å². The maximum Gasteiger partial charge on any atom is 0.254 e. The number of nitrogens with one attached hydrogen (secondary N) is 1. The highest BCUT2D eigenvalue weighted by atomic mass is 16.5. The minimum Gasteiger partial charge on any atom is -0.385 e. The molecule has 0 unspecified atom stereocenters. The fourth-order valence-electron chi connectivity index (χ4n) is 3.76. The predicted molar refractivity (Wildman–Crippen MR) is 101 cm³/mol. The second-order valence-corrected chi connectivity index (χ2v) is 7.45. The zero-order valence-corrected chi connectivity index (χ0v) is 15.5. The first-order chi connectivity index (χ1) is 12.7. The number of rotatable bonds is 7. The molecule has 2 atom stereocenters. The smallest absolute Gasteiger partial charge is 0.254 e. The highest BCUT2D eigenvalue weighted by Crippen LogP contribution is 2.18. The van der Waals surface area contributed by atoms with Gasteiger partial charge >= 0.3 is 0 Å². The molecular formula is C21H31N2O3+. The van der Waals surface area contributed by atoms with E-state index in [0.29, 0.717) is 19.1 Å². The van der Waals surface area contributed by atoms with Gasteiger partial charge in [-0.1, -0.05) is 30.4 Å². The number of benzene rings is 1. The summed E-state index contributed by atoms with van der Waals surface area (Å²) in [5.41, 5.74) is 0.752. The van der Waals surface area contributed by atoms with Crippen LogP contribution in [0.1, 0.15) is 29.6 Å². The molecule has 5 nitrogen and oxygen atoms in total. The monoisotopic (exact) mass is 359 g/mol. The molecule has 1 aliphatic heterocycles. The molecule has 1 fully saturated rings. The van der Waals surface area contributed by atoms with E-state index in [1.807, 2.05) is 35.2 Å². The lowest BCUT2D eigenvalue weighted by Crippen LogP contribution is -3.15. The van der Waals surface area contributed by atoms with Crippen molar-refractivity contribution in [1.82, 2.24) is 4.90 Å². The van der Waals surface area contributed by atoms with Crippen molar-refractivity contribution in [3.63, 3.8) is 0 Å². The number of carbonyl (C=O) groups excluding carboxylic acids is 1. The molecule has 3 rings (SSSR count). The normalized spacial score (nSPS) is 22.3. The van der Waals surface area contributed by atoms with E-state index in [2.05, 4.69) is 12.2 Å². The second-order valence-electron chi connectivity index (χ2n) is 7.45. The van der Waals surface area contributed by atoms with E-state index in [4.69, 9.17) is 4.74 Å². The van der Waals surface area contributed by atoms with E-state index in [-0.39, 0.29) is 5.91 Å². The van der Waals surface area contributed by atoms with E-state index >= 15 is 0 Å². The Morgan fingerprint density at radius 3 is 2.69 bits per heavy atom. The molecule has 5 heteroatoms. The Bertz CT molecular complexity index is 582. The Morgan fingerprint density at radius 2 is 2.00 bits per heavy atom. The minimum atomic E-state index is -0.430. The number of aliphatic hydroxyl groups is 1. The van der Waals surface area contributed by atoms with Gasteiger partial charge in [-0.2, -0.15) is 0 Å². The topological polar surface area (TPSA) is 54.2 Å². The van der Waals surface area contributed by atoms with Gasteiger partial charge in [-0.3, -0.25) is 4.79 Å². The highest BCUT2D eigenvalue weighted by Gasteiger charge is 2.26. The molecule has 1 amide bonds. The number of piperazine rings is 1. The zero-order valence-electron chi connectivity index (χ0n) is 15.5. The molecule has 0 bridgehead atoms. The highest BCUT2D eigenvalue weighted by molar-refractivity contribution is 5.94. The molecule has 0 spiro atoms. The van der Waals surface area contributed by atoms with Gasteiger partial charge in [0.25, 0.3) is 5.91 Å². The van der Waals surface area contributed by atoms with Crippen molar-refractivity contribution in [3.8, 4) is 0 Å². The molecule has 142 valence electrons. The molecule has 1 heterocycles. The second kappa shape index (κ2) is 9.86. The number of quaternary nitrogens is 1. The van der Waals surface area contributed by atoms with E-state index in [9.17, 15) is 9.90 Å². The summed E-state index contributed by atoms with van der Waals surface area (Å²) in [6, 6.07) is 9.45. The number of amides is 1. The molecule has 1 saturated heterocycles. The van der Waals surface area contributed by atoms with Crippen molar-refractivity contribution >= 4 is 5.91 Å². The SMILES string of the molecule is O=C(c1ccccc1)N1CC[NH+](C[C@@H](O)COC[C@H]2CC=CCC2)CC1. The molecule has 0 saturated carbocycles. The van der Waals surface area contributed by atoms with Gasteiger partial charge in [0.1, 0.15) is 12.6 Å². The number of allylic oxidation sites excluding steroid dienone is 2. The van der Waals surface area contributed by atoms with Gasteiger partial charge in [0.05, 0.1) is 32.8 Å². The van der Waals surface area contributed by atoms with E-state index in [0.717, 1.165) is 51.2 Å². The molecule has 1 aromatic carbocycles. The summed E-state index contributed by atoms with van der Waals surface area (Å²) < 4.78 is 5.73.